The molecule has 2 aromatic carbocycles. The van der Waals surface area contributed by atoms with Gasteiger partial charge >= 0.3 is 6.16 Å². The Kier molecular flexibility index (Phi) is 6.06. The molecule has 146 valence electrons. The van der Waals surface area contributed by atoms with Crippen LogP contribution in [0.2, 0.25) is 10.0 Å². The van der Waals surface area contributed by atoms with Crippen LogP contribution in [0.5, 0.6) is 0 Å². The molecule has 1 heterocycles. The molecular weight excluding hydrogens is 407 g/mol. The molecule has 2 amide bonds. The van der Waals surface area contributed by atoms with Crippen LogP contribution in [0.1, 0.15) is 15.9 Å². The molecule has 0 spiro atoms. The van der Waals surface area contributed by atoms with Crippen LogP contribution in [-0.4, -0.2) is 46.7 Å². The van der Waals surface area contributed by atoms with Crippen LogP contribution < -0.4 is 5.32 Å². The molecule has 0 bridgehead atoms. The normalized spacial score (nSPS) is 18.8. The lowest BCUT2D eigenvalue weighted by molar-refractivity contribution is -0.130. The second-order valence-electron chi connectivity index (χ2n) is 6.21. The van der Waals surface area contributed by atoms with Gasteiger partial charge in [0.1, 0.15) is 6.04 Å². The quantitative estimate of drug-likeness (QED) is 0.721. The Hall–Kier alpha value is -2.77. The average Bonchev–Trinajstić information content (AvgIpc) is 2.93. The van der Waals surface area contributed by atoms with Crippen LogP contribution in [0, 0.1) is 0 Å². The predicted molar refractivity (Wildman–Crippen MR) is 102 cm³/mol. The van der Waals surface area contributed by atoms with Gasteiger partial charge in [-0.1, -0.05) is 53.5 Å². The van der Waals surface area contributed by atoms with Gasteiger partial charge < -0.3 is 20.1 Å². The van der Waals surface area contributed by atoms with Gasteiger partial charge in [-0.2, -0.15) is 0 Å². The van der Waals surface area contributed by atoms with Crippen molar-refractivity contribution in [3.63, 3.8) is 0 Å². The topological polar surface area (TPSA) is 95.9 Å². The first kappa shape index (κ1) is 20.0. The van der Waals surface area contributed by atoms with Gasteiger partial charge in [0.25, 0.3) is 5.91 Å². The fourth-order valence-corrected chi connectivity index (χ4v) is 3.26. The number of rotatable bonds is 5. The summed E-state index contributed by atoms with van der Waals surface area (Å²) in [6.07, 6.45) is -2.55. The molecule has 0 unspecified atom stereocenters. The monoisotopic (exact) mass is 422 g/mol. The van der Waals surface area contributed by atoms with E-state index in [1.165, 1.54) is 23.1 Å². The Labute approximate surface area is 170 Å². The largest absolute Gasteiger partial charge is 0.506 e. The van der Waals surface area contributed by atoms with Crippen LogP contribution in [0.15, 0.2) is 48.5 Å². The molecule has 1 aliphatic rings. The number of benzene rings is 2. The zero-order chi connectivity index (χ0) is 20.3. The van der Waals surface area contributed by atoms with Crippen LogP contribution in [0.25, 0.3) is 0 Å². The third-order valence-electron chi connectivity index (χ3n) is 4.29. The summed E-state index contributed by atoms with van der Waals surface area (Å²) in [5.74, 6) is -1.01. The van der Waals surface area contributed by atoms with Gasteiger partial charge in [0.15, 0.2) is 6.10 Å². The molecule has 1 saturated heterocycles. The van der Waals surface area contributed by atoms with E-state index in [1.54, 1.807) is 0 Å². The lowest BCUT2D eigenvalue weighted by Gasteiger charge is -2.17. The van der Waals surface area contributed by atoms with E-state index in [4.69, 9.17) is 33.0 Å². The number of nitrogens with zero attached hydrogens (tertiary/aromatic N) is 1. The Bertz CT molecular complexity index is 906. The molecule has 1 aliphatic heterocycles. The summed E-state index contributed by atoms with van der Waals surface area (Å²) < 4.78 is 4.83. The van der Waals surface area contributed by atoms with E-state index in [2.05, 4.69) is 5.32 Å². The van der Waals surface area contributed by atoms with E-state index in [1.807, 2.05) is 30.3 Å². The number of hydrogen-bond acceptors (Lipinski definition) is 4. The number of nitrogens with one attached hydrogen (secondary N) is 1. The molecule has 28 heavy (non-hydrogen) atoms. The third-order valence-corrected chi connectivity index (χ3v) is 5.03. The SMILES string of the molecule is O=C(O)O[C@H]1CN(Cc2ccccc2)C(=O)[C@H]1NC(=O)c1ccc(Cl)c(Cl)c1. The Morgan fingerprint density at radius 1 is 1.14 bits per heavy atom. The van der Waals surface area contributed by atoms with Crippen molar-refractivity contribution in [2.45, 2.75) is 18.7 Å². The van der Waals surface area contributed by atoms with E-state index in [9.17, 15) is 14.4 Å². The fourth-order valence-electron chi connectivity index (χ4n) is 2.97. The number of likely N-dealkylation sites (tertiary alicyclic amines) is 1. The minimum Gasteiger partial charge on any atom is -0.450 e. The smallest absolute Gasteiger partial charge is 0.450 e. The van der Waals surface area contributed by atoms with E-state index in [0.717, 1.165) is 5.56 Å². The number of carbonyl (C=O) groups excluding carboxylic acids is 2. The summed E-state index contributed by atoms with van der Waals surface area (Å²) in [4.78, 5) is 37.8. The zero-order valence-electron chi connectivity index (χ0n) is 14.5. The predicted octanol–water partition coefficient (Wildman–Crippen LogP) is 3.20. The number of hydrogen-bond donors (Lipinski definition) is 2. The third kappa shape index (κ3) is 4.55. The molecule has 1 fully saturated rings. The lowest BCUT2D eigenvalue weighted by atomic mass is 10.1. The maximum absolute atomic E-state index is 12.8. The molecule has 7 nitrogen and oxygen atoms in total. The first-order valence-electron chi connectivity index (χ1n) is 8.33. The number of amides is 2. The number of carboxylic acid groups (broad SMARTS) is 1. The first-order chi connectivity index (χ1) is 13.3. The van der Waals surface area contributed by atoms with Gasteiger partial charge in [-0.15, -0.1) is 0 Å². The summed E-state index contributed by atoms with van der Waals surface area (Å²) in [6, 6.07) is 12.4. The summed E-state index contributed by atoms with van der Waals surface area (Å²) in [6.45, 7) is 0.310. The number of halogens is 2. The Balaban J connectivity index is 1.77. The average molecular weight is 423 g/mol. The highest BCUT2D eigenvalue weighted by Gasteiger charge is 2.44. The van der Waals surface area contributed by atoms with Gasteiger partial charge in [0.2, 0.25) is 5.91 Å². The van der Waals surface area contributed by atoms with Gasteiger partial charge in [-0.3, -0.25) is 9.59 Å². The minimum atomic E-state index is -1.52. The standard InChI is InChI=1S/C19H16Cl2N2O5/c20-13-7-6-12(8-14(13)21)17(24)22-16-15(28-19(26)27)10-23(18(16)25)9-11-4-2-1-3-5-11/h1-8,15-16H,9-10H2,(H,22,24)(H,26,27)/t15-,16-/m0/s1. The highest BCUT2D eigenvalue weighted by molar-refractivity contribution is 6.42. The van der Waals surface area contributed by atoms with Gasteiger partial charge in [0, 0.05) is 12.1 Å². The Morgan fingerprint density at radius 2 is 1.86 bits per heavy atom. The number of ether oxygens (including phenoxy) is 1. The lowest BCUT2D eigenvalue weighted by Crippen LogP contribution is -2.47. The van der Waals surface area contributed by atoms with E-state index in [0.29, 0.717) is 0 Å². The fraction of sp³-hybridized carbons (Fsp3) is 0.211. The summed E-state index contributed by atoms with van der Waals surface area (Å²) in [5.41, 5.74) is 1.07. The highest BCUT2D eigenvalue weighted by atomic mass is 35.5. The molecule has 0 aromatic heterocycles. The van der Waals surface area contributed by atoms with Gasteiger partial charge in [-0.05, 0) is 23.8 Å². The Morgan fingerprint density at radius 3 is 2.50 bits per heavy atom. The van der Waals surface area contributed by atoms with Crippen LogP contribution in [0.4, 0.5) is 4.79 Å². The van der Waals surface area contributed by atoms with Crippen molar-refractivity contribution in [2.24, 2.45) is 0 Å². The summed E-state index contributed by atoms with van der Waals surface area (Å²) >= 11 is 11.8. The van der Waals surface area contributed by atoms with E-state index in [-0.39, 0.29) is 28.7 Å². The molecule has 0 aliphatic carbocycles. The van der Waals surface area contributed by atoms with Gasteiger partial charge in [-0.25, -0.2) is 4.79 Å². The molecule has 0 radical (unpaired) electrons. The van der Waals surface area contributed by atoms with Crippen molar-refractivity contribution >= 4 is 41.2 Å². The van der Waals surface area contributed by atoms with Crippen molar-refractivity contribution in [3.8, 4) is 0 Å². The molecular formula is C19H16Cl2N2O5. The van der Waals surface area contributed by atoms with Crippen molar-refractivity contribution in [2.75, 3.05) is 6.54 Å². The highest BCUT2D eigenvalue weighted by Crippen LogP contribution is 2.23. The van der Waals surface area contributed by atoms with Crippen LogP contribution in [0.3, 0.4) is 0 Å². The van der Waals surface area contributed by atoms with Crippen LogP contribution in [-0.2, 0) is 16.1 Å². The summed E-state index contributed by atoms with van der Waals surface area (Å²) in [7, 11) is 0. The molecule has 2 N–H and O–H groups in total. The first-order valence-corrected chi connectivity index (χ1v) is 9.09. The molecule has 2 atom stereocenters. The minimum absolute atomic E-state index is 0.0341. The van der Waals surface area contributed by atoms with Crippen molar-refractivity contribution in [1.82, 2.24) is 10.2 Å². The number of carbonyl (C=O) groups is 3. The second-order valence-corrected chi connectivity index (χ2v) is 7.02. The molecule has 0 saturated carbocycles. The van der Waals surface area contributed by atoms with E-state index >= 15 is 0 Å². The van der Waals surface area contributed by atoms with E-state index < -0.39 is 30.1 Å². The molecule has 2 aromatic rings. The molecule has 3 rings (SSSR count). The maximum atomic E-state index is 12.8. The molecule has 9 heteroatoms. The maximum Gasteiger partial charge on any atom is 0.506 e. The second kappa shape index (κ2) is 8.50. The van der Waals surface area contributed by atoms with Crippen molar-refractivity contribution in [1.29, 1.82) is 0 Å². The van der Waals surface area contributed by atoms with Gasteiger partial charge in [0.05, 0.1) is 16.6 Å². The van der Waals surface area contributed by atoms with Crippen molar-refractivity contribution < 1.29 is 24.2 Å². The zero-order valence-corrected chi connectivity index (χ0v) is 16.0. The van der Waals surface area contributed by atoms with Crippen LogP contribution >= 0.6 is 23.2 Å². The summed E-state index contributed by atoms with van der Waals surface area (Å²) in [5, 5.41) is 12.0. The van der Waals surface area contributed by atoms with Crippen molar-refractivity contribution in [3.05, 3.63) is 69.7 Å².